The Morgan fingerprint density at radius 1 is 1.12 bits per heavy atom. The Bertz CT molecular complexity index is 1150. The van der Waals surface area contributed by atoms with Gasteiger partial charge in [0.15, 0.2) is 0 Å². The number of hydrogen-bond donors (Lipinski definition) is 1. The van der Waals surface area contributed by atoms with Gasteiger partial charge in [-0.25, -0.2) is 12.8 Å². The van der Waals surface area contributed by atoms with E-state index in [-0.39, 0.29) is 33.9 Å². The Kier molecular flexibility index (Phi) is 9.73. The second-order valence-electron chi connectivity index (χ2n) is 7.97. The average Bonchev–Trinajstić information content (AvgIpc) is 2.77. The summed E-state index contributed by atoms with van der Waals surface area (Å²) in [4.78, 5) is 27.4. The molecule has 0 radical (unpaired) electrons. The van der Waals surface area contributed by atoms with Crippen molar-refractivity contribution in [2.24, 2.45) is 0 Å². The van der Waals surface area contributed by atoms with Crippen molar-refractivity contribution in [3.05, 3.63) is 63.9 Å². The van der Waals surface area contributed by atoms with E-state index in [1.807, 2.05) is 13.8 Å². The summed E-state index contributed by atoms with van der Waals surface area (Å²) in [6.45, 7) is 4.33. The summed E-state index contributed by atoms with van der Waals surface area (Å²) in [7, 11) is -3.97. The molecule has 0 aliphatic heterocycles. The van der Waals surface area contributed by atoms with Gasteiger partial charge in [-0.3, -0.25) is 13.9 Å². The van der Waals surface area contributed by atoms with E-state index < -0.39 is 40.2 Å². The molecule has 0 aromatic heterocycles. The summed E-state index contributed by atoms with van der Waals surface area (Å²) in [6.07, 6.45) is 1.60. The van der Waals surface area contributed by atoms with Crippen LogP contribution in [0.3, 0.4) is 0 Å². The third-order valence-corrected chi connectivity index (χ3v) is 7.00. The lowest BCUT2D eigenvalue weighted by atomic mass is 10.1. The molecule has 11 heteroatoms. The van der Waals surface area contributed by atoms with Crippen molar-refractivity contribution < 1.29 is 22.4 Å². The zero-order valence-corrected chi connectivity index (χ0v) is 21.7. The second-order valence-corrected chi connectivity index (χ2v) is 10.7. The summed E-state index contributed by atoms with van der Waals surface area (Å²) >= 11 is 12.2. The number of carbonyl (C=O) groups is 2. The predicted octanol–water partition coefficient (Wildman–Crippen LogP) is 4.23. The first-order valence-corrected chi connectivity index (χ1v) is 13.2. The highest BCUT2D eigenvalue weighted by atomic mass is 35.5. The SMILES string of the molecule is CC[C@H](C)NC(=O)[C@@H](C)N(Cc1ccccc1F)C(=O)CN(c1cc(Cl)ccc1Cl)S(C)(=O)=O. The van der Waals surface area contributed by atoms with Gasteiger partial charge in [0.25, 0.3) is 0 Å². The maximum Gasteiger partial charge on any atom is 0.244 e. The van der Waals surface area contributed by atoms with Crippen LogP contribution in [-0.4, -0.2) is 50.0 Å². The first-order chi connectivity index (χ1) is 15.8. The largest absolute Gasteiger partial charge is 0.352 e. The normalized spacial score (nSPS) is 13.1. The molecule has 186 valence electrons. The molecular weight excluding hydrogens is 504 g/mol. The maximum atomic E-state index is 14.4. The molecule has 0 saturated heterocycles. The molecule has 7 nitrogen and oxygen atoms in total. The quantitative estimate of drug-likeness (QED) is 0.496. The molecule has 2 amide bonds. The average molecular weight is 532 g/mol. The topological polar surface area (TPSA) is 86.8 Å². The van der Waals surface area contributed by atoms with Crippen LogP contribution in [0.1, 0.15) is 32.8 Å². The van der Waals surface area contributed by atoms with Crippen molar-refractivity contribution in [1.29, 1.82) is 0 Å². The minimum absolute atomic E-state index is 0.0209. The van der Waals surface area contributed by atoms with Crippen LogP contribution in [0, 0.1) is 5.82 Å². The van der Waals surface area contributed by atoms with Crippen LogP contribution in [0.25, 0.3) is 0 Å². The fourth-order valence-corrected chi connectivity index (χ4v) is 4.42. The van der Waals surface area contributed by atoms with E-state index in [0.717, 1.165) is 15.5 Å². The highest BCUT2D eigenvalue weighted by Gasteiger charge is 2.31. The lowest BCUT2D eigenvalue weighted by Crippen LogP contribution is -2.52. The van der Waals surface area contributed by atoms with Gasteiger partial charge in [-0.1, -0.05) is 48.3 Å². The predicted molar refractivity (Wildman–Crippen MR) is 133 cm³/mol. The molecule has 0 fully saturated rings. The minimum atomic E-state index is -3.97. The van der Waals surface area contributed by atoms with E-state index in [1.165, 1.54) is 43.3 Å². The zero-order valence-electron chi connectivity index (χ0n) is 19.4. The summed E-state index contributed by atoms with van der Waals surface area (Å²) in [5.41, 5.74) is 0.207. The summed E-state index contributed by atoms with van der Waals surface area (Å²) in [5, 5.41) is 3.10. The number of benzene rings is 2. The van der Waals surface area contributed by atoms with Crippen molar-refractivity contribution in [1.82, 2.24) is 10.2 Å². The van der Waals surface area contributed by atoms with Gasteiger partial charge in [0.05, 0.1) is 17.0 Å². The molecule has 0 saturated carbocycles. The van der Waals surface area contributed by atoms with Crippen LogP contribution < -0.4 is 9.62 Å². The van der Waals surface area contributed by atoms with E-state index >= 15 is 0 Å². The molecule has 0 unspecified atom stereocenters. The van der Waals surface area contributed by atoms with Crippen LogP contribution in [-0.2, 0) is 26.2 Å². The Labute approximate surface area is 209 Å². The molecule has 0 bridgehead atoms. The van der Waals surface area contributed by atoms with Crippen LogP contribution in [0.15, 0.2) is 42.5 Å². The monoisotopic (exact) mass is 531 g/mol. The highest BCUT2D eigenvalue weighted by molar-refractivity contribution is 7.92. The Morgan fingerprint density at radius 2 is 1.76 bits per heavy atom. The molecule has 0 aliphatic carbocycles. The van der Waals surface area contributed by atoms with Gasteiger partial charge >= 0.3 is 0 Å². The number of sulfonamides is 1. The van der Waals surface area contributed by atoms with Gasteiger partial charge in [-0.2, -0.15) is 0 Å². The molecule has 2 aromatic carbocycles. The minimum Gasteiger partial charge on any atom is -0.352 e. The third-order valence-electron chi connectivity index (χ3n) is 5.32. The molecule has 2 atom stereocenters. The summed E-state index contributed by atoms with van der Waals surface area (Å²) in [6, 6.07) is 8.96. The van der Waals surface area contributed by atoms with Gasteiger partial charge < -0.3 is 10.2 Å². The lowest BCUT2D eigenvalue weighted by molar-refractivity contribution is -0.139. The number of carbonyl (C=O) groups excluding carboxylic acids is 2. The van der Waals surface area contributed by atoms with Crippen LogP contribution in [0.5, 0.6) is 0 Å². The Morgan fingerprint density at radius 3 is 2.35 bits per heavy atom. The molecule has 2 aromatic rings. The number of anilines is 1. The number of hydrogen-bond acceptors (Lipinski definition) is 4. The number of rotatable bonds is 10. The fourth-order valence-electron chi connectivity index (χ4n) is 3.13. The van der Waals surface area contributed by atoms with Crippen LogP contribution >= 0.6 is 23.2 Å². The van der Waals surface area contributed by atoms with E-state index in [0.29, 0.717) is 6.42 Å². The molecule has 34 heavy (non-hydrogen) atoms. The Balaban J connectivity index is 2.45. The number of nitrogens with zero attached hydrogens (tertiary/aromatic N) is 2. The zero-order chi connectivity index (χ0) is 25.6. The number of amides is 2. The molecule has 0 spiro atoms. The molecular formula is C23H28Cl2FN3O4S. The smallest absolute Gasteiger partial charge is 0.244 e. The Hall–Kier alpha value is -2.36. The van der Waals surface area contributed by atoms with E-state index in [4.69, 9.17) is 23.2 Å². The number of nitrogens with one attached hydrogen (secondary N) is 1. The lowest BCUT2D eigenvalue weighted by Gasteiger charge is -2.32. The van der Waals surface area contributed by atoms with Crippen molar-refractivity contribution in [2.75, 3.05) is 17.1 Å². The van der Waals surface area contributed by atoms with Gasteiger partial charge in [0.1, 0.15) is 18.4 Å². The van der Waals surface area contributed by atoms with Crippen molar-refractivity contribution in [3.63, 3.8) is 0 Å². The summed E-state index contributed by atoms with van der Waals surface area (Å²) < 4.78 is 40.3. The highest BCUT2D eigenvalue weighted by Crippen LogP contribution is 2.31. The van der Waals surface area contributed by atoms with Crippen LogP contribution in [0.4, 0.5) is 10.1 Å². The molecule has 2 rings (SSSR count). The van der Waals surface area contributed by atoms with E-state index in [2.05, 4.69) is 5.32 Å². The van der Waals surface area contributed by atoms with Crippen molar-refractivity contribution in [3.8, 4) is 0 Å². The summed E-state index contributed by atoms with van der Waals surface area (Å²) in [5.74, 6) is -1.70. The second kappa shape index (κ2) is 11.9. The van der Waals surface area contributed by atoms with E-state index in [1.54, 1.807) is 6.07 Å². The molecule has 1 N–H and O–H groups in total. The maximum absolute atomic E-state index is 14.4. The molecule has 0 heterocycles. The van der Waals surface area contributed by atoms with Crippen molar-refractivity contribution in [2.45, 2.75) is 45.8 Å². The molecule has 0 aliphatic rings. The van der Waals surface area contributed by atoms with Gasteiger partial charge in [-0.15, -0.1) is 0 Å². The van der Waals surface area contributed by atoms with Crippen molar-refractivity contribution >= 4 is 50.7 Å². The van der Waals surface area contributed by atoms with Gasteiger partial charge in [0.2, 0.25) is 21.8 Å². The van der Waals surface area contributed by atoms with Gasteiger partial charge in [0, 0.05) is 23.2 Å². The number of halogens is 3. The first-order valence-electron chi connectivity index (χ1n) is 10.6. The first kappa shape index (κ1) is 27.9. The standard InChI is InChI=1S/C23H28Cl2FN3O4S/c1-5-15(2)27-23(31)16(3)28(13-17-8-6-7-9-20(17)26)22(30)14-29(34(4,32)33)21-12-18(24)10-11-19(21)25/h6-12,15-16H,5,13-14H2,1-4H3,(H,27,31)/t15-,16+/m0/s1. The van der Waals surface area contributed by atoms with E-state index in [9.17, 15) is 22.4 Å². The third kappa shape index (κ3) is 7.32. The van der Waals surface area contributed by atoms with Crippen LogP contribution in [0.2, 0.25) is 10.0 Å². The fraction of sp³-hybridized carbons (Fsp3) is 0.391. The van der Waals surface area contributed by atoms with Gasteiger partial charge in [-0.05, 0) is 44.5 Å².